The van der Waals surface area contributed by atoms with Gasteiger partial charge in [0.2, 0.25) is 0 Å². The van der Waals surface area contributed by atoms with Gasteiger partial charge >= 0.3 is 62.7 Å². The summed E-state index contributed by atoms with van der Waals surface area (Å²) < 4.78 is 0. The molecule has 0 bridgehead atoms. The van der Waals surface area contributed by atoms with Crippen molar-refractivity contribution in [3.8, 4) is 0 Å². The maximum absolute atomic E-state index is 3.25. The van der Waals surface area contributed by atoms with Gasteiger partial charge in [0, 0.05) is 0 Å². The summed E-state index contributed by atoms with van der Waals surface area (Å²) in [5.74, 6) is 0. The molecule has 0 aromatic rings. The molecule has 0 rings (SSSR count). The molecule has 0 saturated heterocycles. The van der Waals surface area contributed by atoms with E-state index in [4.69, 9.17) is 0 Å². The van der Waals surface area contributed by atoms with Gasteiger partial charge in [0.25, 0.3) is 0 Å². The van der Waals surface area contributed by atoms with Crippen LogP contribution >= 0.6 is 0 Å². The molecule has 2 heteroatoms. The fraction of sp³-hybridized carbons (Fsp3) is 0.750. The molecule has 0 aromatic heterocycles. The largest absolute Gasteiger partial charge is 2.00 e. The molecule has 0 radical (unpaired) electrons. The second-order valence-electron chi connectivity index (χ2n) is 1.11. The summed E-state index contributed by atoms with van der Waals surface area (Å²) >= 11 is 0.815. The predicted molar refractivity (Wildman–Crippen MR) is 54.5 cm³/mol. The van der Waals surface area contributed by atoms with Gasteiger partial charge in [0.15, 0.2) is 0 Å². The molecular weight excluding hydrogens is 147 g/mol. The van der Waals surface area contributed by atoms with Gasteiger partial charge in [0.05, 0.1) is 0 Å². The van der Waals surface area contributed by atoms with Crippen molar-refractivity contribution in [1.82, 2.24) is 0 Å². The molecule has 0 N–H and O–H groups in total. The maximum Gasteiger partial charge on any atom is 2.00 e. The van der Waals surface area contributed by atoms with Crippen molar-refractivity contribution in [2.24, 2.45) is 0 Å². The van der Waals surface area contributed by atoms with E-state index in [1.54, 1.807) is 13.8 Å². The molecule has 0 aliphatic rings. The number of hydrogen-bond donors (Lipinski definition) is 0. The van der Waals surface area contributed by atoms with Gasteiger partial charge < -0.3 is 13.8 Å². The van der Waals surface area contributed by atoms with Gasteiger partial charge in [-0.1, -0.05) is 0 Å². The standard InChI is InChI=1S/4C2H5.Al.Mg/c4*1-2;;/h4*1H2,2H3;;/q;;2*-1;+1;+2. The minimum atomic E-state index is 0. The smallest absolute Gasteiger partial charge is 0.346 e. The first-order chi connectivity index (χ1) is 4.41. The molecule has 0 aromatic carbocycles. The summed E-state index contributed by atoms with van der Waals surface area (Å²) in [5.41, 5.74) is 0. The molecule has 0 aliphatic heterocycles. The Morgan fingerprint density at radius 1 is 0.900 bits per heavy atom. The van der Waals surface area contributed by atoms with Gasteiger partial charge in [-0.25, -0.2) is 0 Å². The molecule has 0 unspecified atom stereocenters. The van der Waals surface area contributed by atoms with Crippen molar-refractivity contribution >= 4 is 38.3 Å². The first-order valence-electron chi connectivity index (χ1n) is 3.64. The third-order valence-corrected chi connectivity index (χ3v) is 1.73. The van der Waals surface area contributed by atoms with Crippen molar-refractivity contribution in [1.29, 1.82) is 0 Å². The first-order valence-corrected chi connectivity index (χ1v) is 5.28. The molecule has 0 atom stereocenters. The van der Waals surface area contributed by atoms with E-state index in [0.717, 1.165) is 15.2 Å². The Morgan fingerprint density at radius 2 is 1.10 bits per heavy atom. The fourth-order valence-corrected chi connectivity index (χ4v) is 0.866. The molecule has 0 heterocycles. The summed E-state index contributed by atoms with van der Waals surface area (Å²) in [6.07, 6.45) is 0. The zero-order chi connectivity index (χ0) is 8.12. The van der Waals surface area contributed by atoms with Gasteiger partial charge in [-0.15, -0.1) is 0 Å². The molecule has 0 spiro atoms. The van der Waals surface area contributed by atoms with Crippen LogP contribution in [0.15, 0.2) is 0 Å². The number of rotatable bonds is 2. The average molecular weight is 168 g/mol. The average Bonchev–Trinajstić information content (AvgIpc) is 1.98. The molecule has 0 saturated carbocycles. The summed E-state index contributed by atoms with van der Waals surface area (Å²) in [6.45, 7) is 14.5. The van der Waals surface area contributed by atoms with Crippen molar-refractivity contribution < 1.29 is 0 Å². The van der Waals surface area contributed by atoms with E-state index in [2.05, 4.69) is 27.7 Å². The van der Waals surface area contributed by atoms with Crippen LogP contribution in [-0.2, 0) is 0 Å². The molecule has 56 valence electrons. The van der Waals surface area contributed by atoms with Crippen LogP contribution < -0.4 is 0 Å². The molecule has 0 nitrogen and oxygen atoms in total. The Kier molecular flexibility index (Phi) is 108. The molecular formula is C8H20AlMg+. The van der Waals surface area contributed by atoms with E-state index in [-0.39, 0.29) is 23.1 Å². The van der Waals surface area contributed by atoms with E-state index in [9.17, 15) is 0 Å². The second kappa shape index (κ2) is 48.2. The van der Waals surface area contributed by atoms with Gasteiger partial charge in [-0.05, 0) is 0 Å². The van der Waals surface area contributed by atoms with Crippen LogP contribution in [0.2, 0.25) is 10.6 Å². The zero-order valence-corrected chi connectivity index (χ0v) is 10.7. The van der Waals surface area contributed by atoms with Crippen molar-refractivity contribution in [2.75, 3.05) is 0 Å². The Bertz CT molecular complexity index is 16.7. The van der Waals surface area contributed by atoms with Gasteiger partial charge in [0.1, 0.15) is 0 Å². The van der Waals surface area contributed by atoms with E-state index < -0.39 is 0 Å². The minimum absolute atomic E-state index is 0. The molecule has 0 amide bonds. The van der Waals surface area contributed by atoms with Crippen LogP contribution in [0.3, 0.4) is 0 Å². The third-order valence-electron chi connectivity index (χ3n) is 0.577. The maximum atomic E-state index is 3.25. The van der Waals surface area contributed by atoms with Crippen LogP contribution in [-0.4, -0.2) is 38.3 Å². The second-order valence-corrected chi connectivity index (χ2v) is 3.32. The van der Waals surface area contributed by atoms with Gasteiger partial charge in [-0.3, -0.25) is 0 Å². The zero-order valence-electron chi connectivity index (χ0n) is 8.11. The molecule has 0 fully saturated rings. The van der Waals surface area contributed by atoms with Crippen molar-refractivity contribution in [2.45, 2.75) is 38.3 Å². The van der Waals surface area contributed by atoms with Crippen LogP contribution in [0.5, 0.6) is 0 Å². The Hall–Kier alpha value is 1.30. The summed E-state index contributed by atoms with van der Waals surface area (Å²) in [6, 6.07) is 0. The van der Waals surface area contributed by atoms with E-state index in [0.29, 0.717) is 0 Å². The summed E-state index contributed by atoms with van der Waals surface area (Å²) in [4.78, 5) is 0. The van der Waals surface area contributed by atoms with Crippen LogP contribution in [0.25, 0.3) is 0 Å². The molecule has 0 aliphatic carbocycles. The van der Waals surface area contributed by atoms with Crippen LogP contribution in [0, 0.1) is 13.8 Å². The van der Waals surface area contributed by atoms with Crippen LogP contribution in [0.4, 0.5) is 0 Å². The van der Waals surface area contributed by atoms with Gasteiger partial charge in [-0.2, -0.15) is 13.8 Å². The van der Waals surface area contributed by atoms with Crippen molar-refractivity contribution in [3.63, 3.8) is 0 Å². The Balaban J connectivity index is -0.0000000315. The summed E-state index contributed by atoms with van der Waals surface area (Å²) in [5, 5.41) is 2.85. The molecule has 10 heavy (non-hydrogen) atoms. The Morgan fingerprint density at radius 3 is 1.10 bits per heavy atom. The normalized spacial score (nSPS) is 4.60. The van der Waals surface area contributed by atoms with E-state index in [1.807, 2.05) is 0 Å². The monoisotopic (exact) mass is 167 g/mol. The van der Waals surface area contributed by atoms with E-state index >= 15 is 0 Å². The first kappa shape index (κ1) is 22.5. The topological polar surface area (TPSA) is 0 Å². The summed E-state index contributed by atoms with van der Waals surface area (Å²) in [7, 11) is 0. The number of hydrogen-bond acceptors (Lipinski definition) is 0. The SMILES string of the molecule is C[CH2][Al+][CH2]C.[CH2-]C.[CH2-]C.[Mg+2]. The Labute approximate surface area is 90.0 Å². The minimum Gasteiger partial charge on any atom is -0.346 e. The van der Waals surface area contributed by atoms with Crippen molar-refractivity contribution in [3.05, 3.63) is 13.8 Å². The predicted octanol–water partition coefficient (Wildman–Crippen LogP) is 2.87. The quantitative estimate of drug-likeness (QED) is 0.438. The van der Waals surface area contributed by atoms with Crippen LogP contribution in [0.1, 0.15) is 27.7 Å². The fourth-order valence-electron chi connectivity index (χ4n) is 0.289. The third kappa shape index (κ3) is 58.9. The van der Waals surface area contributed by atoms with E-state index in [1.165, 1.54) is 10.6 Å².